The van der Waals surface area contributed by atoms with Crippen molar-refractivity contribution in [3.8, 4) is 5.75 Å². The number of aliphatic hydroxyl groups excluding tert-OH is 1. The van der Waals surface area contributed by atoms with Gasteiger partial charge in [0.1, 0.15) is 11.9 Å². The maximum absolute atomic E-state index is 10.0. The minimum Gasteiger partial charge on any atom is -0.487 e. The van der Waals surface area contributed by atoms with Crippen molar-refractivity contribution in [1.29, 1.82) is 0 Å². The second-order valence-corrected chi connectivity index (χ2v) is 6.23. The van der Waals surface area contributed by atoms with Gasteiger partial charge < -0.3 is 15.2 Å². The summed E-state index contributed by atoms with van der Waals surface area (Å²) in [5.41, 5.74) is 1.05. The standard InChI is InChI=1S/C16H24ClNO2/c1-11(2)18-10-12-9-13(17)7-8-15(12)20-16-6-4-3-5-14(16)19/h7-9,11,14,16,18-19H,3-6,10H2,1-2H3. The predicted octanol–water partition coefficient (Wildman–Crippen LogP) is 3.52. The minimum atomic E-state index is -0.356. The highest BCUT2D eigenvalue weighted by Crippen LogP contribution is 2.28. The van der Waals surface area contributed by atoms with Gasteiger partial charge >= 0.3 is 0 Å². The highest BCUT2D eigenvalue weighted by atomic mass is 35.5. The van der Waals surface area contributed by atoms with E-state index in [4.69, 9.17) is 16.3 Å². The van der Waals surface area contributed by atoms with Crippen molar-refractivity contribution >= 4 is 11.6 Å². The van der Waals surface area contributed by atoms with Crippen molar-refractivity contribution in [1.82, 2.24) is 5.32 Å². The first-order valence-corrected chi connectivity index (χ1v) is 7.80. The molecule has 0 amide bonds. The molecule has 0 heterocycles. The highest BCUT2D eigenvalue weighted by Gasteiger charge is 2.25. The third-order valence-electron chi connectivity index (χ3n) is 3.67. The van der Waals surface area contributed by atoms with Crippen molar-refractivity contribution in [3.63, 3.8) is 0 Å². The van der Waals surface area contributed by atoms with E-state index in [2.05, 4.69) is 19.2 Å². The van der Waals surface area contributed by atoms with Gasteiger partial charge in [-0.1, -0.05) is 31.9 Å². The first-order valence-electron chi connectivity index (χ1n) is 7.43. The molecule has 1 aromatic carbocycles. The molecule has 2 atom stereocenters. The van der Waals surface area contributed by atoms with Crippen LogP contribution in [0.1, 0.15) is 45.1 Å². The van der Waals surface area contributed by atoms with Gasteiger partial charge in [-0.2, -0.15) is 0 Å². The van der Waals surface area contributed by atoms with E-state index < -0.39 is 0 Å². The molecule has 0 bridgehead atoms. The van der Waals surface area contributed by atoms with E-state index in [1.807, 2.05) is 18.2 Å². The smallest absolute Gasteiger partial charge is 0.124 e. The molecular weight excluding hydrogens is 274 g/mol. The zero-order chi connectivity index (χ0) is 14.5. The predicted molar refractivity (Wildman–Crippen MR) is 82.3 cm³/mol. The summed E-state index contributed by atoms with van der Waals surface area (Å²) in [7, 11) is 0. The molecule has 0 saturated heterocycles. The van der Waals surface area contributed by atoms with Crippen LogP contribution >= 0.6 is 11.6 Å². The van der Waals surface area contributed by atoms with Gasteiger partial charge in [0.15, 0.2) is 0 Å². The molecule has 0 aromatic heterocycles. The number of hydrogen-bond donors (Lipinski definition) is 2. The monoisotopic (exact) mass is 297 g/mol. The fourth-order valence-electron chi connectivity index (χ4n) is 2.49. The topological polar surface area (TPSA) is 41.5 Å². The SMILES string of the molecule is CC(C)NCc1cc(Cl)ccc1OC1CCCCC1O. The van der Waals surface area contributed by atoms with Gasteiger partial charge in [-0.3, -0.25) is 0 Å². The quantitative estimate of drug-likeness (QED) is 0.874. The van der Waals surface area contributed by atoms with E-state index in [1.165, 1.54) is 0 Å². The molecule has 1 saturated carbocycles. The van der Waals surface area contributed by atoms with E-state index >= 15 is 0 Å². The molecule has 112 valence electrons. The van der Waals surface area contributed by atoms with Gasteiger partial charge in [-0.15, -0.1) is 0 Å². The van der Waals surface area contributed by atoms with Crippen LogP contribution in [0, 0.1) is 0 Å². The minimum absolute atomic E-state index is 0.0947. The lowest BCUT2D eigenvalue weighted by Gasteiger charge is -2.29. The average Bonchev–Trinajstić information content (AvgIpc) is 2.41. The largest absolute Gasteiger partial charge is 0.487 e. The van der Waals surface area contributed by atoms with Crippen molar-refractivity contribution in [3.05, 3.63) is 28.8 Å². The molecule has 20 heavy (non-hydrogen) atoms. The number of benzene rings is 1. The van der Waals surface area contributed by atoms with Crippen LogP contribution < -0.4 is 10.1 Å². The van der Waals surface area contributed by atoms with Crippen LogP contribution in [0.25, 0.3) is 0 Å². The van der Waals surface area contributed by atoms with Crippen LogP contribution in [0.4, 0.5) is 0 Å². The molecule has 0 spiro atoms. The molecule has 3 nitrogen and oxygen atoms in total. The highest BCUT2D eigenvalue weighted by molar-refractivity contribution is 6.30. The molecule has 2 rings (SSSR count). The first kappa shape index (κ1) is 15.6. The summed E-state index contributed by atoms with van der Waals surface area (Å²) in [5, 5.41) is 14.1. The lowest BCUT2D eigenvalue weighted by molar-refractivity contribution is 0.00635. The van der Waals surface area contributed by atoms with Crippen molar-refractivity contribution in [2.75, 3.05) is 0 Å². The molecule has 0 aliphatic heterocycles. The molecule has 4 heteroatoms. The zero-order valence-electron chi connectivity index (χ0n) is 12.2. The van der Waals surface area contributed by atoms with E-state index in [0.29, 0.717) is 11.1 Å². The fraction of sp³-hybridized carbons (Fsp3) is 0.625. The van der Waals surface area contributed by atoms with E-state index in [9.17, 15) is 5.11 Å². The van der Waals surface area contributed by atoms with Gasteiger partial charge in [0.05, 0.1) is 6.10 Å². The summed E-state index contributed by atoms with van der Waals surface area (Å²) in [6, 6.07) is 6.08. The van der Waals surface area contributed by atoms with Gasteiger partial charge in [-0.25, -0.2) is 0 Å². The molecule has 0 radical (unpaired) electrons. The molecule has 1 aliphatic carbocycles. The fourth-order valence-corrected chi connectivity index (χ4v) is 2.69. The molecular formula is C16H24ClNO2. The average molecular weight is 298 g/mol. The van der Waals surface area contributed by atoms with E-state index in [0.717, 1.165) is 43.5 Å². The molecule has 2 N–H and O–H groups in total. The van der Waals surface area contributed by atoms with E-state index in [-0.39, 0.29) is 12.2 Å². The van der Waals surface area contributed by atoms with Crippen LogP contribution in [0.15, 0.2) is 18.2 Å². The number of ether oxygens (including phenoxy) is 1. The third kappa shape index (κ3) is 4.37. The van der Waals surface area contributed by atoms with E-state index in [1.54, 1.807) is 0 Å². The maximum atomic E-state index is 10.0. The Morgan fingerprint density at radius 3 is 2.80 bits per heavy atom. The van der Waals surface area contributed by atoms with Crippen molar-refractivity contribution in [2.24, 2.45) is 0 Å². The van der Waals surface area contributed by atoms with Crippen LogP contribution in [0.2, 0.25) is 5.02 Å². The Kier molecular flexibility index (Phi) is 5.70. The summed E-state index contributed by atoms with van der Waals surface area (Å²) >= 11 is 6.07. The number of nitrogens with one attached hydrogen (secondary N) is 1. The maximum Gasteiger partial charge on any atom is 0.124 e. The summed E-state index contributed by atoms with van der Waals surface area (Å²) < 4.78 is 6.04. The Hall–Kier alpha value is -0.770. The Bertz CT molecular complexity index is 436. The second kappa shape index (κ2) is 7.30. The second-order valence-electron chi connectivity index (χ2n) is 5.80. The summed E-state index contributed by atoms with van der Waals surface area (Å²) in [4.78, 5) is 0. The Morgan fingerprint density at radius 2 is 2.10 bits per heavy atom. The Balaban J connectivity index is 2.09. The third-order valence-corrected chi connectivity index (χ3v) is 3.90. The van der Waals surface area contributed by atoms with Crippen LogP contribution in [0.5, 0.6) is 5.75 Å². The molecule has 1 fully saturated rings. The first-order chi connectivity index (χ1) is 9.56. The number of rotatable bonds is 5. The Morgan fingerprint density at radius 1 is 1.35 bits per heavy atom. The zero-order valence-corrected chi connectivity index (χ0v) is 13.0. The molecule has 1 aliphatic rings. The summed E-state index contributed by atoms with van der Waals surface area (Å²) in [6.45, 7) is 4.93. The van der Waals surface area contributed by atoms with Crippen LogP contribution in [0.3, 0.4) is 0 Å². The van der Waals surface area contributed by atoms with Gasteiger partial charge in [0.2, 0.25) is 0 Å². The van der Waals surface area contributed by atoms with Crippen molar-refractivity contribution in [2.45, 2.75) is 64.3 Å². The van der Waals surface area contributed by atoms with Gasteiger partial charge in [-0.05, 0) is 37.5 Å². The van der Waals surface area contributed by atoms with Crippen LogP contribution in [-0.4, -0.2) is 23.4 Å². The van der Waals surface area contributed by atoms with Crippen LogP contribution in [-0.2, 0) is 6.54 Å². The van der Waals surface area contributed by atoms with Gasteiger partial charge in [0.25, 0.3) is 0 Å². The normalized spacial score (nSPS) is 23.1. The summed E-state index contributed by atoms with van der Waals surface area (Å²) in [5.74, 6) is 0.827. The number of hydrogen-bond acceptors (Lipinski definition) is 3. The lowest BCUT2D eigenvalue weighted by Crippen LogP contribution is -2.35. The Labute approximate surface area is 126 Å². The molecule has 1 aromatic rings. The number of aliphatic hydroxyl groups is 1. The van der Waals surface area contributed by atoms with Gasteiger partial charge in [0, 0.05) is 23.2 Å². The molecule has 2 unspecified atom stereocenters. The lowest BCUT2D eigenvalue weighted by atomic mass is 9.95. The summed E-state index contributed by atoms with van der Waals surface area (Å²) in [6.07, 6.45) is 3.50. The van der Waals surface area contributed by atoms with Crippen molar-refractivity contribution < 1.29 is 9.84 Å². The number of halogens is 1.